The van der Waals surface area contributed by atoms with E-state index >= 15 is 0 Å². The van der Waals surface area contributed by atoms with Gasteiger partial charge >= 0.3 is 12.1 Å². The number of carbonyl (C=O) groups excluding carboxylic acids is 2. The first kappa shape index (κ1) is 17.7. The van der Waals surface area contributed by atoms with Crippen LogP contribution in [-0.4, -0.2) is 46.7 Å². The molecule has 0 saturated carbocycles. The molecule has 2 heterocycles. The Morgan fingerprint density at radius 3 is 2.78 bits per heavy atom. The van der Waals surface area contributed by atoms with E-state index in [-0.39, 0.29) is 17.8 Å². The van der Waals surface area contributed by atoms with Crippen molar-refractivity contribution < 1.29 is 19.1 Å². The fourth-order valence-electron chi connectivity index (χ4n) is 2.36. The van der Waals surface area contributed by atoms with Gasteiger partial charge in [0.15, 0.2) is 5.69 Å². The summed E-state index contributed by atoms with van der Waals surface area (Å²) >= 11 is 1.33. The first-order chi connectivity index (χ1) is 10.7. The number of carbonyl (C=O) groups is 2. The lowest BCUT2D eigenvalue weighted by Crippen LogP contribution is -2.38. The van der Waals surface area contributed by atoms with Gasteiger partial charge in [-0.1, -0.05) is 0 Å². The Labute approximate surface area is 139 Å². The Morgan fingerprint density at radius 1 is 1.48 bits per heavy atom. The summed E-state index contributed by atoms with van der Waals surface area (Å²) in [5, 5.41) is 2.32. The molecule has 1 saturated heterocycles. The van der Waals surface area contributed by atoms with E-state index in [1.54, 1.807) is 17.2 Å². The zero-order valence-corrected chi connectivity index (χ0v) is 14.7. The van der Waals surface area contributed by atoms with Crippen LogP contribution in [0.5, 0.6) is 0 Å². The molecule has 0 spiro atoms. The Morgan fingerprint density at radius 2 is 2.17 bits per heavy atom. The maximum atomic E-state index is 12.4. The molecule has 128 valence electrons. The van der Waals surface area contributed by atoms with Gasteiger partial charge in [0.2, 0.25) is 0 Å². The fourth-order valence-corrected chi connectivity index (χ4v) is 3.28. The lowest BCUT2D eigenvalue weighted by molar-refractivity contribution is 0.0222. The zero-order valence-electron chi connectivity index (χ0n) is 13.9. The Balaban J connectivity index is 2.16. The molecule has 8 heteroatoms. The summed E-state index contributed by atoms with van der Waals surface area (Å²) in [4.78, 5) is 30.0. The Bertz CT molecular complexity index is 582. The molecule has 1 aromatic rings. The number of amides is 1. The van der Waals surface area contributed by atoms with Gasteiger partial charge in [-0.25, -0.2) is 14.6 Å². The topological polar surface area (TPSA) is 94.8 Å². The normalized spacial score (nSPS) is 21.3. The fraction of sp³-hybridized carbons (Fsp3) is 0.667. The SMILES string of the molecule is CCOC(=O)c1csc(C2CC(N)CN2C(=O)OC(C)(C)C)n1. The lowest BCUT2D eigenvalue weighted by Gasteiger charge is -2.27. The minimum Gasteiger partial charge on any atom is -0.461 e. The van der Waals surface area contributed by atoms with E-state index < -0.39 is 17.7 Å². The number of aromatic nitrogens is 1. The van der Waals surface area contributed by atoms with Gasteiger partial charge in [0.1, 0.15) is 10.6 Å². The molecule has 0 bridgehead atoms. The van der Waals surface area contributed by atoms with E-state index in [0.717, 1.165) is 0 Å². The van der Waals surface area contributed by atoms with Gasteiger partial charge in [0.05, 0.1) is 12.6 Å². The molecule has 1 fully saturated rings. The van der Waals surface area contributed by atoms with Crippen molar-refractivity contribution in [2.45, 2.75) is 51.8 Å². The maximum Gasteiger partial charge on any atom is 0.410 e. The van der Waals surface area contributed by atoms with E-state index in [4.69, 9.17) is 15.2 Å². The third-order valence-corrected chi connectivity index (χ3v) is 4.20. The van der Waals surface area contributed by atoms with Crippen LogP contribution in [0.4, 0.5) is 4.79 Å². The van der Waals surface area contributed by atoms with Crippen LogP contribution in [0, 0.1) is 0 Å². The number of thiazole rings is 1. The summed E-state index contributed by atoms with van der Waals surface area (Å²) in [5.74, 6) is -0.457. The van der Waals surface area contributed by atoms with Gasteiger partial charge in [-0.05, 0) is 34.1 Å². The molecule has 2 atom stereocenters. The van der Waals surface area contributed by atoms with Gasteiger partial charge in [-0.15, -0.1) is 11.3 Å². The lowest BCUT2D eigenvalue weighted by atomic mass is 10.2. The van der Waals surface area contributed by atoms with Crippen molar-refractivity contribution >= 4 is 23.4 Å². The highest BCUT2D eigenvalue weighted by Crippen LogP contribution is 2.34. The van der Waals surface area contributed by atoms with E-state index in [9.17, 15) is 9.59 Å². The van der Waals surface area contributed by atoms with Crippen molar-refractivity contribution in [3.8, 4) is 0 Å². The van der Waals surface area contributed by atoms with E-state index in [0.29, 0.717) is 24.6 Å². The van der Waals surface area contributed by atoms with Crippen LogP contribution >= 0.6 is 11.3 Å². The van der Waals surface area contributed by atoms with Crippen LogP contribution in [0.15, 0.2) is 5.38 Å². The highest BCUT2D eigenvalue weighted by Gasteiger charge is 2.38. The van der Waals surface area contributed by atoms with Crippen molar-refractivity contribution in [2.24, 2.45) is 5.73 Å². The number of rotatable bonds is 3. The van der Waals surface area contributed by atoms with Gasteiger partial charge in [-0.3, -0.25) is 4.90 Å². The first-order valence-electron chi connectivity index (χ1n) is 7.59. The number of ether oxygens (including phenoxy) is 2. The Hall–Kier alpha value is -1.67. The minimum absolute atomic E-state index is 0.137. The van der Waals surface area contributed by atoms with Crippen molar-refractivity contribution in [1.82, 2.24) is 9.88 Å². The van der Waals surface area contributed by atoms with Crippen molar-refractivity contribution in [1.29, 1.82) is 0 Å². The second-order valence-corrected chi connectivity index (χ2v) is 7.33. The summed E-state index contributed by atoms with van der Waals surface area (Å²) < 4.78 is 10.4. The average Bonchev–Trinajstić information content (AvgIpc) is 3.03. The molecular formula is C15H23N3O4S. The standard InChI is InChI=1S/C15H23N3O4S/c1-5-21-13(19)10-8-23-12(17-10)11-6-9(16)7-18(11)14(20)22-15(2,3)4/h8-9,11H,5-7,16H2,1-4H3. The number of likely N-dealkylation sites (tertiary alicyclic amines) is 1. The second kappa shape index (κ2) is 6.84. The van der Waals surface area contributed by atoms with E-state index in [1.165, 1.54) is 11.3 Å². The molecule has 0 radical (unpaired) electrons. The molecule has 0 aromatic carbocycles. The summed E-state index contributed by atoms with van der Waals surface area (Å²) in [7, 11) is 0. The molecule has 2 rings (SSSR count). The Kier molecular flexibility index (Phi) is 5.26. The molecule has 1 aromatic heterocycles. The minimum atomic E-state index is -0.576. The molecular weight excluding hydrogens is 318 g/mol. The third-order valence-electron chi connectivity index (χ3n) is 3.25. The molecule has 1 aliphatic heterocycles. The smallest absolute Gasteiger partial charge is 0.410 e. The number of nitrogens with two attached hydrogens (primary N) is 1. The summed E-state index contributed by atoms with van der Waals surface area (Å²) in [5.41, 5.74) is 5.69. The predicted molar refractivity (Wildman–Crippen MR) is 86.3 cm³/mol. The van der Waals surface area contributed by atoms with Crippen LogP contribution in [0.1, 0.15) is 55.7 Å². The number of hydrogen-bond acceptors (Lipinski definition) is 7. The summed E-state index contributed by atoms with van der Waals surface area (Å²) in [6.45, 7) is 7.90. The predicted octanol–water partition coefficient (Wildman–Crippen LogP) is 2.33. The van der Waals surface area contributed by atoms with Crippen LogP contribution in [0.2, 0.25) is 0 Å². The van der Waals surface area contributed by atoms with Gasteiger partial charge in [0.25, 0.3) is 0 Å². The van der Waals surface area contributed by atoms with E-state index in [1.807, 2.05) is 20.8 Å². The van der Waals surface area contributed by atoms with E-state index in [2.05, 4.69) is 4.98 Å². The molecule has 1 aliphatic rings. The highest BCUT2D eigenvalue weighted by molar-refractivity contribution is 7.09. The third kappa shape index (κ3) is 4.42. The van der Waals surface area contributed by atoms with Crippen molar-refractivity contribution in [3.05, 3.63) is 16.1 Å². The van der Waals surface area contributed by atoms with Crippen LogP contribution in [0.3, 0.4) is 0 Å². The van der Waals surface area contributed by atoms with Crippen LogP contribution < -0.4 is 5.73 Å². The summed E-state index contributed by atoms with van der Waals surface area (Å²) in [6.07, 6.45) is 0.179. The molecule has 7 nitrogen and oxygen atoms in total. The maximum absolute atomic E-state index is 12.4. The molecule has 2 N–H and O–H groups in total. The number of nitrogens with zero attached hydrogens (tertiary/aromatic N) is 2. The van der Waals surface area contributed by atoms with Gasteiger partial charge in [0, 0.05) is 18.0 Å². The van der Waals surface area contributed by atoms with Crippen LogP contribution in [0.25, 0.3) is 0 Å². The molecule has 1 amide bonds. The average molecular weight is 341 g/mol. The molecule has 0 aliphatic carbocycles. The first-order valence-corrected chi connectivity index (χ1v) is 8.47. The van der Waals surface area contributed by atoms with Crippen molar-refractivity contribution in [2.75, 3.05) is 13.2 Å². The number of esters is 1. The zero-order chi connectivity index (χ0) is 17.2. The largest absolute Gasteiger partial charge is 0.461 e. The molecule has 23 heavy (non-hydrogen) atoms. The molecule has 2 unspecified atom stereocenters. The number of hydrogen-bond donors (Lipinski definition) is 1. The highest BCUT2D eigenvalue weighted by atomic mass is 32.1. The second-order valence-electron chi connectivity index (χ2n) is 6.44. The van der Waals surface area contributed by atoms with Crippen LogP contribution in [-0.2, 0) is 9.47 Å². The van der Waals surface area contributed by atoms with Gasteiger partial charge < -0.3 is 15.2 Å². The summed E-state index contributed by atoms with van der Waals surface area (Å²) in [6, 6.07) is -0.407. The van der Waals surface area contributed by atoms with Gasteiger partial charge in [-0.2, -0.15) is 0 Å². The monoisotopic (exact) mass is 341 g/mol. The quantitative estimate of drug-likeness (QED) is 0.848. The van der Waals surface area contributed by atoms with Crippen molar-refractivity contribution in [3.63, 3.8) is 0 Å².